The first-order valence-electron chi connectivity index (χ1n) is 7.75. The summed E-state index contributed by atoms with van der Waals surface area (Å²) in [6.45, 7) is 7.43. The van der Waals surface area contributed by atoms with Crippen molar-refractivity contribution in [1.82, 2.24) is 10.2 Å². The molecule has 0 bridgehead atoms. The molecule has 1 saturated heterocycles. The van der Waals surface area contributed by atoms with Crippen LogP contribution in [0.5, 0.6) is 0 Å². The summed E-state index contributed by atoms with van der Waals surface area (Å²) in [5.41, 5.74) is 0. The molecule has 1 aliphatic rings. The van der Waals surface area contributed by atoms with E-state index in [2.05, 4.69) is 17.1 Å². The van der Waals surface area contributed by atoms with E-state index in [4.69, 9.17) is 0 Å². The standard InChI is InChI=1S/C16H26N2O2S/c1-12-5-7-18(8-6-12)11-14(19)10-17-16(20)9-15-4-3-13(2)21-15/h3-4,12,14,19H,5-11H2,1-2H3,(H,17,20). The van der Waals surface area contributed by atoms with Gasteiger partial charge in [0.1, 0.15) is 0 Å². The number of nitrogens with one attached hydrogen (secondary N) is 1. The molecule has 1 aliphatic heterocycles. The molecule has 2 heterocycles. The fourth-order valence-electron chi connectivity index (χ4n) is 2.64. The Morgan fingerprint density at radius 1 is 1.48 bits per heavy atom. The maximum atomic E-state index is 11.8. The second-order valence-corrected chi connectivity index (χ2v) is 7.50. The minimum absolute atomic E-state index is 0.0110. The van der Waals surface area contributed by atoms with Gasteiger partial charge in [-0.3, -0.25) is 4.79 Å². The summed E-state index contributed by atoms with van der Waals surface area (Å²) in [4.78, 5) is 16.4. The predicted molar refractivity (Wildman–Crippen MR) is 86.6 cm³/mol. The van der Waals surface area contributed by atoms with Crippen molar-refractivity contribution in [1.29, 1.82) is 0 Å². The monoisotopic (exact) mass is 310 g/mol. The Balaban J connectivity index is 1.64. The second-order valence-electron chi connectivity index (χ2n) is 6.13. The third-order valence-corrected chi connectivity index (χ3v) is 5.01. The number of piperidine rings is 1. The number of carbonyl (C=O) groups excluding carboxylic acids is 1. The lowest BCUT2D eigenvalue weighted by molar-refractivity contribution is -0.120. The Bertz CT molecular complexity index is 453. The number of hydrogen-bond acceptors (Lipinski definition) is 4. The van der Waals surface area contributed by atoms with E-state index in [0.717, 1.165) is 23.9 Å². The van der Waals surface area contributed by atoms with Crippen molar-refractivity contribution in [3.05, 3.63) is 21.9 Å². The van der Waals surface area contributed by atoms with Crippen LogP contribution < -0.4 is 5.32 Å². The average Bonchev–Trinajstić information content (AvgIpc) is 2.84. The van der Waals surface area contributed by atoms with Gasteiger partial charge in [-0.1, -0.05) is 6.92 Å². The molecule has 1 amide bonds. The van der Waals surface area contributed by atoms with E-state index in [1.807, 2.05) is 19.1 Å². The Kier molecular flexibility index (Phi) is 6.21. The average molecular weight is 310 g/mol. The molecule has 0 spiro atoms. The van der Waals surface area contributed by atoms with E-state index in [0.29, 0.717) is 19.5 Å². The number of thiophene rings is 1. The third kappa shape index (κ3) is 5.77. The van der Waals surface area contributed by atoms with Crippen molar-refractivity contribution >= 4 is 17.2 Å². The quantitative estimate of drug-likeness (QED) is 0.842. The summed E-state index contributed by atoms with van der Waals surface area (Å²) in [6, 6.07) is 4.02. The molecule has 4 nitrogen and oxygen atoms in total. The van der Waals surface area contributed by atoms with E-state index >= 15 is 0 Å². The summed E-state index contributed by atoms with van der Waals surface area (Å²) < 4.78 is 0. The van der Waals surface area contributed by atoms with Gasteiger partial charge in [0.15, 0.2) is 0 Å². The van der Waals surface area contributed by atoms with Crippen LogP contribution >= 0.6 is 11.3 Å². The first kappa shape index (κ1) is 16.5. The van der Waals surface area contributed by atoms with E-state index in [1.54, 1.807) is 11.3 Å². The van der Waals surface area contributed by atoms with E-state index in [-0.39, 0.29) is 5.91 Å². The topological polar surface area (TPSA) is 52.6 Å². The molecule has 118 valence electrons. The summed E-state index contributed by atoms with van der Waals surface area (Å²) >= 11 is 1.65. The lowest BCUT2D eigenvalue weighted by Crippen LogP contribution is -2.43. The minimum Gasteiger partial charge on any atom is -0.390 e. The number of aryl methyl sites for hydroxylation is 1. The second kappa shape index (κ2) is 7.92. The zero-order valence-electron chi connectivity index (χ0n) is 13.0. The predicted octanol–water partition coefficient (Wildman–Crippen LogP) is 1.81. The summed E-state index contributed by atoms with van der Waals surface area (Å²) in [6.07, 6.45) is 2.34. The number of hydrogen-bond donors (Lipinski definition) is 2. The number of amides is 1. The SMILES string of the molecule is Cc1ccc(CC(=O)NCC(O)CN2CCC(C)CC2)s1. The molecule has 1 fully saturated rings. The highest BCUT2D eigenvalue weighted by atomic mass is 32.1. The van der Waals surface area contributed by atoms with Gasteiger partial charge in [0.2, 0.25) is 5.91 Å². The largest absolute Gasteiger partial charge is 0.390 e. The number of aliphatic hydroxyl groups is 1. The molecule has 1 atom stereocenters. The molecule has 1 aromatic rings. The summed E-state index contributed by atoms with van der Waals surface area (Å²) in [5.74, 6) is 0.788. The van der Waals surface area contributed by atoms with Crippen molar-refractivity contribution < 1.29 is 9.90 Å². The molecule has 0 aromatic carbocycles. The van der Waals surface area contributed by atoms with Crippen LogP contribution in [0.15, 0.2) is 12.1 Å². The molecule has 0 radical (unpaired) electrons. The normalized spacial score (nSPS) is 18.6. The van der Waals surface area contributed by atoms with Gasteiger partial charge < -0.3 is 15.3 Å². The van der Waals surface area contributed by atoms with E-state index in [9.17, 15) is 9.90 Å². The Morgan fingerprint density at radius 3 is 2.81 bits per heavy atom. The van der Waals surface area contributed by atoms with Crippen LogP contribution in [0.2, 0.25) is 0 Å². The molecule has 1 unspecified atom stereocenters. The first-order chi connectivity index (χ1) is 10.0. The van der Waals surface area contributed by atoms with Gasteiger partial charge in [-0.25, -0.2) is 0 Å². The van der Waals surface area contributed by atoms with Crippen molar-refractivity contribution in [2.45, 2.75) is 39.2 Å². The Hall–Kier alpha value is -0.910. The molecule has 0 aliphatic carbocycles. The van der Waals surface area contributed by atoms with Crippen molar-refractivity contribution in [2.24, 2.45) is 5.92 Å². The lowest BCUT2D eigenvalue weighted by atomic mass is 9.99. The smallest absolute Gasteiger partial charge is 0.225 e. The fourth-order valence-corrected chi connectivity index (χ4v) is 3.53. The highest BCUT2D eigenvalue weighted by Crippen LogP contribution is 2.16. The maximum Gasteiger partial charge on any atom is 0.225 e. The zero-order valence-corrected chi connectivity index (χ0v) is 13.8. The van der Waals surface area contributed by atoms with Crippen LogP contribution in [0.25, 0.3) is 0 Å². The molecular formula is C16H26N2O2S. The van der Waals surface area contributed by atoms with Crippen molar-refractivity contribution in [2.75, 3.05) is 26.2 Å². The van der Waals surface area contributed by atoms with Gasteiger partial charge in [0.25, 0.3) is 0 Å². The highest BCUT2D eigenvalue weighted by Gasteiger charge is 2.18. The zero-order chi connectivity index (χ0) is 15.2. The van der Waals surface area contributed by atoms with Gasteiger partial charge in [0, 0.05) is 22.8 Å². The molecule has 21 heavy (non-hydrogen) atoms. The van der Waals surface area contributed by atoms with E-state index < -0.39 is 6.10 Å². The lowest BCUT2D eigenvalue weighted by Gasteiger charge is -2.31. The number of rotatable bonds is 6. The van der Waals surface area contributed by atoms with Crippen LogP contribution in [0.4, 0.5) is 0 Å². The number of aliphatic hydroxyl groups excluding tert-OH is 1. The van der Waals surface area contributed by atoms with Crippen molar-refractivity contribution in [3.8, 4) is 0 Å². The van der Waals surface area contributed by atoms with Crippen LogP contribution in [0.3, 0.4) is 0 Å². The van der Waals surface area contributed by atoms with Crippen molar-refractivity contribution in [3.63, 3.8) is 0 Å². The number of carbonyl (C=O) groups is 1. The molecular weight excluding hydrogens is 284 g/mol. The minimum atomic E-state index is -0.479. The maximum absolute atomic E-state index is 11.8. The fraction of sp³-hybridized carbons (Fsp3) is 0.688. The third-order valence-electron chi connectivity index (χ3n) is 4.01. The first-order valence-corrected chi connectivity index (χ1v) is 8.57. The van der Waals surface area contributed by atoms with Gasteiger partial charge in [-0.15, -0.1) is 11.3 Å². The van der Waals surface area contributed by atoms with E-state index in [1.165, 1.54) is 17.7 Å². The Morgan fingerprint density at radius 2 is 2.19 bits per heavy atom. The van der Waals surface area contributed by atoms with Gasteiger partial charge in [-0.2, -0.15) is 0 Å². The number of nitrogens with zero attached hydrogens (tertiary/aromatic N) is 1. The molecule has 2 rings (SSSR count). The van der Waals surface area contributed by atoms with Gasteiger partial charge >= 0.3 is 0 Å². The number of likely N-dealkylation sites (tertiary alicyclic amines) is 1. The van der Waals surface area contributed by atoms with Crippen LogP contribution in [0.1, 0.15) is 29.5 Å². The highest BCUT2D eigenvalue weighted by molar-refractivity contribution is 7.12. The molecule has 0 saturated carbocycles. The Labute approximate surface area is 131 Å². The van der Waals surface area contributed by atoms with Crippen LogP contribution in [-0.4, -0.2) is 48.2 Å². The molecule has 5 heteroatoms. The van der Waals surface area contributed by atoms with Crippen LogP contribution in [-0.2, 0) is 11.2 Å². The number of β-amino-alcohol motifs (C(OH)–C–C–N with tert-alkyl or cyclic N) is 1. The molecule has 1 aromatic heterocycles. The molecule has 2 N–H and O–H groups in total. The van der Waals surface area contributed by atoms with Crippen LogP contribution in [0, 0.1) is 12.8 Å². The van der Waals surface area contributed by atoms with Gasteiger partial charge in [-0.05, 0) is 50.9 Å². The van der Waals surface area contributed by atoms with Gasteiger partial charge in [0.05, 0.1) is 12.5 Å². The summed E-state index contributed by atoms with van der Waals surface area (Å²) in [7, 11) is 0. The summed E-state index contributed by atoms with van der Waals surface area (Å²) in [5, 5.41) is 12.9.